The van der Waals surface area contributed by atoms with Crippen molar-refractivity contribution in [3.8, 4) is 0 Å². The molecule has 112 valence electrons. The molecule has 0 unspecified atom stereocenters. The summed E-state index contributed by atoms with van der Waals surface area (Å²) < 4.78 is 27.5. The van der Waals surface area contributed by atoms with Crippen molar-refractivity contribution < 1.29 is 8.42 Å². The van der Waals surface area contributed by atoms with Gasteiger partial charge < -0.3 is 0 Å². The van der Waals surface area contributed by atoms with Crippen molar-refractivity contribution in [1.29, 1.82) is 0 Å². The highest BCUT2D eigenvalue weighted by Gasteiger charge is 2.39. The van der Waals surface area contributed by atoms with Crippen LogP contribution in [0, 0.1) is 6.92 Å². The van der Waals surface area contributed by atoms with E-state index in [1.807, 2.05) is 31.2 Å². The second-order valence-corrected chi connectivity index (χ2v) is 8.93. The molecule has 0 N–H and O–H groups in total. The van der Waals surface area contributed by atoms with Crippen molar-refractivity contribution >= 4 is 33.0 Å². The minimum absolute atomic E-state index is 0.0946. The summed E-state index contributed by atoms with van der Waals surface area (Å²) in [7, 11) is -3.52. The molecule has 0 saturated heterocycles. The third kappa shape index (κ3) is 3.29. The Hall–Kier alpha value is -0.950. The number of aromatic nitrogens is 1. The molecule has 3 rings (SSSR count). The molecular formula is C14H15ClN2O2S2. The van der Waals surface area contributed by atoms with Crippen LogP contribution >= 0.6 is 22.9 Å². The van der Waals surface area contributed by atoms with Gasteiger partial charge in [-0.15, -0.1) is 0 Å². The van der Waals surface area contributed by atoms with E-state index < -0.39 is 10.0 Å². The van der Waals surface area contributed by atoms with Gasteiger partial charge in [-0.2, -0.15) is 4.31 Å². The highest BCUT2D eigenvalue weighted by Crippen LogP contribution is 2.35. The van der Waals surface area contributed by atoms with Gasteiger partial charge in [0.05, 0.1) is 6.20 Å². The molecule has 7 heteroatoms. The standard InChI is InChI=1S/C14H15ClN2O2S2/c1-10-2-4-11(5-3-10)9-17(12-6-7-12)21(18,19)13-8-16-14(15)20-13/h2-5,8,12H,6-7,9H2,1H3. The fraction of sp³-hybridized carbons (Fsp3) is 0.357. The third-order valence-corrected chi connectivity index (χ3v) is 6.88. The summed E-state index contributed by atoms with van der Waals surface area (Å²) >= 11 is 6.77. The average molecular weight is 343 g/mol. The molecule has 4 nitrogen and oxygen atoms in total. The maximum atomic E-state index is 12.7. The molecule has 1 aliphatic rings. The second-order valence-electron chi connectivity index (χ2n) is 5.20. The van der Waals surface area contributed by atoms with Crippen molar-refractivity contribution in [2.45, 2.75) is 36.6 Å². The second kappa shape index (κ2) is 5.68. The monoisotopic (exact) mass is 342 g/mol. The molecule has 21 heavy (non-hydrogen) atoms. The van der Waals surface area contributed by atoms with Gasteiger partial charge in [-0.25, -0.2) is 13.4 Å². The van der Waals surface area contributed by atoms with Gasteiger partial charge in [0, 0.05) is 12.6 Å². The lowest BCUT2D eigenvalue weighted by atomic mass is 10.1. The van der Waals surface area contributed by atoms with Gasteiger partial charge in [0.25, 0.3) is 10.0 Å². The number of sulfonamides is 1. The summed E-state index contributed by atoms with van der Waals surface area (Å²) in [6.07, 6.45) is 3.17. The SMILES string of the molecule is Cc1ccc(CN(C2CC2)S(=O)(=O)c2cnc(Cl)s2)cc1. The van der Waals surface area contributed by atoms with E-state index in [0.29, 0.717) is 6.54 Å². The Morgan fingerprint density at radius 3 is 2.52 bits per heavy atom. The van der Waals surface area contributed by atoms with Crippen molar-refractivity contribution in [2.24, 2.45) is 0 Å². The van der Waals surface area contributed by atoms with E-state index in [0.717, 1.165) is 35.3 Å². The minimum Gasteiger partial charge on any atom is -0.232 e. The Kier molecular flexibility index (Phi) is 4.05. The molecular weight excluding hydrogens is 328 g/mol. The quantitative estimate of drug-likeness (QED) is 0.836. The molecule has 0 aliphatic heterocycles. The van der Waals surface area contributed by atoms with Crippen LogP contribution in [0.25, 0.3) is 0 Å². The first-order valence-corrected chi connectivity index (χ1v) is 9.29. The summed E-state index contributed by atoms with van der Waals surface area (Å²) in [6.45, 7) is 2.40. The molecule has 0 spiro atoms. The maximum Gasteiger partial charge on any atom is 0.254 e. The predicted octanol–water partition coefficient (Wildman–Crippen LogP) is 3.46. The lowest BCUT2D eigenvalue weighted by Crippen LogP contribution is -2.32. The smallest absolute Gasteiger partial charge is 0.232 e. The summed E-state index contributed by atoms with van der Waals surface area (Å²) in [5.74, 6) is 0. The molecule has 1 saturated carbocycles. The average Bonchev–Trinajstić information content (AvgIpc) is 3.18. The van der Waals surface area contributed by atoms with Crippen molar-refractivity contribution in [1.82, 2.24) is 9.29 Å². The highest BCUT2D eigenvalue weighted by atomic mass is 35.5. The van der Waals surface area contributed by atoms with E-state index in [1.165, 1.54) is 6.20 Å². The molecule has 0 radical (unpaired) electrons. The number of thiazole rings is 1. The molecule has 1 aromatic carbocycles. The summed E-state index contributed by atoms with van der Waals surface area (Å²) in [5, 5.41) is 0. The third-order valence-electron chi connectivity index (χ3n) is 3.43. The van der Waals surface area contributed by atoms with Gasteiger partial charge in [-0.05, 0) is 25.3 Å². The maximum absolute atomic E-state index is 12.7. The van der Waals surface area contributed by atoms with Crippen molar-refractivity contribution in [3.63, 3.8) is 0 Å². The van der Waals surface area contributed by atoms with Crippen molar-refractivity contribution in [2.75, 3.05) is 0 Å². The van der Waals surface area contributed by atoms with Crippen LogP contribution < -0.4 is 0 Å². The predicted molar refractivity (Wildman–Crippen MR) is 84.1 cm³/mol. The lowest BCUT2D eigenvalue weighted by molar-refractivity contribution is 0.400. The number of aryl methyl sites for hydroxylation is 1. The van der Waals surface area contributed by atoms with Gasteiger partial charge in [0.2, 0.25) is 0 Å². The van der Waals surface area contributed by atoms with Gasteiger partial charge in [0.15, 0.2) is 8.68 Å². The molecule has 1 fully saturated rings. The van der Waals surface area contributed by atoms with Crippen LogP contribution in [0.4, 0.5) is 0 Å². The zero-order valence-electron chi connectivity index (χ0n) is 11.5. The summed E-state index contributed by atoms with van der Waals surface area (Å²) in [5.41, 5.74) is 2.15. The zero-order valence-corrected chi connectivity index (χ0v) is 13.9. The van der Waals surface area contributed by atoms with E-state index in [-0.39, 0.29) is 14.7 Å². The fourth-order valence-corrected chi connectivity index (χ4v) is 5.22. The van der Waals surface area contributed by atoms with Crippen LogP contribution in [-0.2, 0) is 16.6 Å². The van der Waals surface area contributed by atoms with Gasteiger partial charge >= 0.3 is 0 Å². The molecule has 0 bridgehead atoms. The number of hydrogen-bond acceptors (Lipinski definition) is 4. The highest BCUT2D eigenvalue weighted by molar-refractivity contribution is 7.91. The molecule has 1 aromatic heterocycles. The fourth-order valence-electron chi connectivity index (χ4n) is 2.12. The molecule has 0 atom stereocenters. The lowest BCUT2D eigenvalue weighted by Gasteiger charge is -2.21. The first kappa shape index (κ1) is 15.0. The van der Waals surface area contributed by atoms with Gasteiger partial charge in [-0.1, -0.05) is 52.8 Å². The Labute approximate surface area is 133 Å². The van der Waals surface area contributed by atoms with Crippen LogP contribution in [0.15, 0.2) is 34.7 Å². The largest absolute Gasteiger partial charge is 0.254 e. The van der Waals surface area contributed by atoms with E-state index >= 15 is 0 Å². The Balaban J connectivity index is 1.89. The summed E-state index contributed by atoms with van der Waals surface area (Å²) in [6, 6.07) is 8.03. The van der Waals surface area contributed by atoms with Crippen LogP contribution in [-0.4, -0.2) is 23.7 Å². The van der Waals surface area contributed by atoms with E-state index in [9.17, 15) is 8.42 Å². The topological polar surface area (TPSA) is 50.3 Å². The minimum atomic E-state index is -3.52. The number of hydrogen-bond donors (Lipinski definition) is 0. The Bertz CT molecular complexity index is 737. The molecule has 1 heterocycles. The van der Waals surface area contributed by atoms with Crippen molar-refractivity contribution in [3.05, 3.63) is 46.1 Å². The first-order valence-electron chi connectivity index (χ1n) is 6.65. The van der Waals surface area contributed by atoms with Crippen LogP contribution in [0.3, 0.4) is 0 Å². The summed E-state index contributed by atoms with van der Waals surface area (Å²) in [4.78, 5) is 3.84. The van der Waals surface area contributed by atoms with Gasteiger partial charge in [-0.3, -0.25) is 0 Å². The van der Waals surface area contributed by atoms with E-state index in [4.69, 9.17) is 11.6 Å². The van der Waals surface area contributed by atoms with E-state index in [2.05, 4.69) is 4.98 Å². The normalized spacial score (nSPS) is 15.6. The van der Waals surface area contributed by atoms with Crippen LogP contribution in [0.5, 0.6) is 0 Å². The van der Waals surface area contributed by atoms with Crippen LogP contribution in [0.1, 0.15) is 24.0 Å². The molecule has 2 aromatic rings. The number of benzene rings is 1. The van der Waals surface area contributed by atoms with Crippen LogP contribution in [0.2, 0.25) is 4.47 Å². The Morgan fingerprint density at radius 2 is 2.00 bits per heavy atom. The van der Waals surface area contributed by atoms with E-state index in [1.54, 1.807) is 4.31 Å². The zero-order chi connectivity index (χ0) is 15.0. The molecule has 0 amide bonds. The Morgan fingerprint density at radius 1 is 1.33 bits per heavy atom. The molecule has 1 aliphatic carbocycles. The van der Waals surface area contributed by atoms with Gasteiger partial charge in [0.1, 0.15) is 0 Å². The number of halogens is 1. The number of rotatable bonds is 5. The first-order chi connectivity index (χ1) is 9.96. The number of nitrogens with zero attached hydrogens (tertiary/aromatic N) is 2.